The summed E-state index contributed by atoms with van der Waals surface area (Å²) in [6.45, 7) is 4.25. The number of hydrogen-bond donors (Lipinski definition) is 0. The third-order valence-electron chi connectivity index (χ3n) is 4.51. The van der Waals surface area contributed by atoms with E-state index in [1.165, 1.54) is 5.56 Å². The summed E-state index contributed by atoms with van der Waals surface area (Å²) < 4.78 is 27.8. The van der Waals surface area contributed by atoms with E-state index in [2.05, 4.69) is 10.00 Å². The lowest BCUT2D eigenvalue weighted by molar-refractivity contribution is 0.240. The van der Waals surface area contributed by atoms with E-state index in [-0.39, 0.29) is 11.8 Å². The molecule has 0 unspecified atom stereocenters. The van der Waals surface area contributed by atoms with Crippen LogP contribution < -0.4 is 0 Å². The van der Waals surface area contributed by atoms with Gasteiger partial charge in [-0.05, 0) is 19.8 Å². The van der Waals surface area contributed by atoms with E-state index < -0.39 is 10.0 Å². The second-order valence-electron chi connectivity index (χ2n) is 5.72. The molecule has 2 aliphatic rings. The second kappa shape index (κ2) is 5.13. The molecule has 2 saturated heterocycles. The molecule has 2 fully saturated rings. The Morgan fingerprint density at radius 2 is 2.05 bits per heavy atom. The summed E-state index contributed by atoms with van der Waals surface area (Å²) in [6, 6.07) is 0.549. The van der Waals surface area contributed by atoms with Crippen molar-refractivity contribution in [1.29, 1.82) is 0 Å². The van der Waals surface area contributed by atoms with Crippen molar-refractivity contribution in [3.8, 4) is 0 Å². The van der Waals surface area contributed by atoms with Crippen molar-refractivity contribution in [1.82, 2.24) is 19.0 Å². The van der Waals surface area contributed by atoms with Gasteiger partial charge >= 0.3 is 0 Å². The van der Waals surface area contributed by atoms with Crippen molar-refractivity contribution in [3.63, 3.8) is 0 Å². The second-order valence-corrected chi connectivity index (χ2v) is 7.93. The summed E-state index contributed by atoms with van der Waals surface area (Å²) in [5.74, 6) is 0.207. The normalized spacial score (nSPS) is 28.1. The van der Waals surface area contributed by atoms with E-state index in [1.54, 1.807) is 11.2 Å². The number of rotatable bonds is 4. The third-order valence-corrected chi connectivity index (χ3v) is 6.40. The van der Waals surface area contributed by atoms with Crippen LogP contribution in [-0.2, 0) is 23.6 Å². The fourth-order valence-corrected chi connectivity index (χ4v) is 4.91. The Labute approximate surface area is 120 Å². The number of fused-ring (bicyclic) bond motifs is 1. The third kappa shape index (κ3) is 2.38. The molecule has 0 aromatic carbocycles. The van der Waals surface area contributed by atoms with Gasteiger partial charge in [-0.2, -0.15) is 9.40 Å². The summed E-state index contributed by atoms with van der Waals surface area (Å²) in [5.41, 5.74) is 1.20. The maximum atomic E-state index is 12.1. The number of sulfonamides is 1. The minimum atomic E-state index is -3.05. The molecule has 112 valence electrons. The molecule has 1 aromatic heterocycles. The number of likely N-dealkylation sites (tertiary alicyclic amines) is 1. The smallest absolute Gasteiger partial charge is 0.214 e. The molecule has 6 nitrogen and oxygen atoms in total. The largest absolute Gasteiger partial charge is 0.294 e. The molecule has 20 heavy (non-hydrogen) atoms. The Morgan fingerprint density at radius 3 is 2.70 bits per heavy atom. The molecule has 0 amide bonds. The number of aryl methyl sites for hydroxylation is 1. The molecule has 0 radical (unpaired) electrons. The van der Waals surface area contributed by atoms with Gasteiger partial charge in [0.2, 0.25) is 10.0 Å². The maximum absolute atomic E-state index is 12.1. The van der Waals surface area contributed by atoms with E-state index in [4.69, 9.17) is 0 Å². The van der Waals surface area contributed by atoms with Gasteiger partial charge in [-0.15, -0.1) is 0 Å². The molecular formula is C13H22N4O2S. The van der Waals surface area contributed by atoms with Gasteiger partial charge in [-0.25, -0.2) is 8.42 Å². The average molecular weight is 298 g/mol. The van der Waals surface area contributed by atoms with Gasteiger partial charge < -0.3 is 0 Å². The predicted molar refractivity (Wildman–Crippen MR) is 76.6 cm³/mol. The fourth-order valence-electron chi connectivity index (χ4n) is 3.53. The quantitative estimate of drug-likeness (QED) is 0.808. The van der Waals surface area contributed by atoms with E-state index in [9.17, 15) is 8.42 Å². The van der Waals surface area contributed by atoms with E-state index in [0.717, 1.165) is 25.9 Å². The highest BCUT2D eigenvalue weighted by atomic mass is 32.2. The highest BCUT2D eigenvalue weighted by molar-refractivity contribution is 7.89. The summed E-state index contributed by atoms with van der Waals surface area (Å²) in [4.78, 5) is 2.41. The molecule has 0 spiro atoms. The van der Waals surface area contributed by atoms with E-state index in [0.29, 0.717) is 12.6 Å². The van der Waals surface area contributed by atoms with Crippen LogP contribution in [-0.4, -0.2) is 58.3 Å². The molecule has 7 heteroatoms. The highest BCUT2D eigenvalue weighted by Gasteiger charge is 2.46. The van der Waals surface area contributed by atoms with Crippen LogP contribution in [0.5, 0.6) is 0 Å². The zero-order valence-electron chi connectivity index (χ0n) is 12.1. The van der Waals surface area contributed by atoms with Gasteiger partial charge in [0.15, 0.2) is 0 Å². The van der Waals surface area contributed by atoms with Crippen molar-refractivity contribution in [3.05, 3.63) is 18.0 Å². The minimum Gasteiger partial charge on any atom is -0.294 e. The lowest BCUT2D eigenvalue weighted by Crippen LogP contribution is -2.40. The Morgan fingerprint density at radius 1 is 1.30 bits per heavy atom. The molecule has 0 saturated carbocycles. The standard InChI is InChI=1S/C13H22N4O2S/c1-3-20(18,19)17-7-5-12-13(17)4-6-16(12)10-11-8-14-15(2)9-11/h8-9,12-13H,3-7,10H2,1-2H3/t12-,13-/m0/s1. The molecule has 2 atom stereocenters. The van der Waals surface area contributed by atoms with Gasteiger partial charge in [-0.1, -0.05) is 0 Å². The first-order valence-corrected chi connectivity index (χ1v) is 8.83. The molecule has 0 bridgehead atoms. The lowest BCUT2D eigenvalue weighted by Gasteiger charge is -2.24. The van der Waals surface area contributed by atoms with Crippen molar-refractivity contribution in [2.75, 3.05) is 18.8 Å². The molecule has 2 aliphatic heterocycles. The minimum absolute atomic E-state index is 0.177. The van der Waals surface area contributed by atoms with Gasteiger partial charge in [0.25, 0.3) is 0 Å². The lowest BCUT2D eigenvalue weighted by atomic mass is 10.1. The van der Waals surface area contributed by atoms with Crippen molar-refractivity contribution in [2.24, 2.45) is 7.05 Å². The van der Waals surface area contributed by atoms with Crippen molar-refractivity contribution < 1.29 is 8.42 Å². The number of hydrogen-bond acceptors (Lipinski definition) is 4. The Bertz CT molecular complexity index is 583. The van der Waals surface area contributed by atoms with Crippen LogP contribution >= 0.6 is 0 Å². The first-order valence-electron chi connectivity index (χ1n) is 7.22. The summed E-state index contributed by atoms with van der Waals surface area (Å²) in [5, 5.41) is 4.20. The van der Waals surface area contributed by atoms with Crippen LogP contribution in [0, 0.1) is 0 Å². The van der Waals surface area contributed by atoms with Gasteiger partial charge in [0, 0.05) is 50.5 Å². The van der Waals surface area contributed by atoms with Crippen LogP contribution in [0.25, 0.3) is 0 Å². The monoisotopic (exact) mass is 298 g/mol. The number of aromatic nitrogens is 2. The first kappa shape index (κ1) is 14.0. The zero-order chi connectivity index (χ0) is 14.3. The molecule has 0 N–H and O–H groups in total. The van der Waals surface area contributed by atoms with Crippen molar-refractivity contribution >= 4 is 10.0 Å². The summed E-state index contributed by atoms with van der Waals surface area (Å²) in [6.07, 6.45) is 5.82. The Balaban J connectivity index is 1.71. The summed E-state index contributed by atoms with van der Waals surface area (Å²) >= 11 is 0. The Kier molecular flexibility index (Phi) is 3.60. The zero-order valence-corrected chi connectivity index (χ0v) is 12.9. The van der Waals surface area contributed by atoms with Crippen LogP contribution in [0.3, 0.4) is 0 Å². The summed E-state index contributed by atoms with van der Waals surface area (Å²) in [7, 11) is -1.14. The number of nitrogens with zero attached hydrogens (tertiary/aromatic N) is 4. The predicted octanol–water partition coefficient (Wildman–Crippen LogP) is 0.418. The van der Waals surface area contributed by atoms with E-state index >= 15 is 0 Å². The Hall–Kier alpha value is -0.920. The molecule has 0 aliphatic carbocycles. The van der Waals surface area contributed by atoms with Crippen LogP contribution in [0.15, 0.2) is 12.4 Å². The molecular weight excluding hydrogens is 276 g/mol. The fraction of sp³-hybridized carbons (Fsp3) is 0.769. The van der Waals surface area contributed by atoms with Gasteiger partial charge in [0.1, 0.15) is 0 Å². The van der Waals surface area contributed by atoms with Gasteiger partial charge in [-0.3, -0.25) is 9.58 Å². The first-order chi connectivity index (χ1) is 9.51. The topological polar surface area (TPSA) is 58.4 Å². The average Bonchev–Trinajstić information content (AvgIpc) is 3.08. The van der Waals surface area contributed by atoms with Gasteiger partial charge in [0.05, 0.1) is 11.9 Å². The van der Waals surface area contributed by atoms with Crippen LogP contribution in [0.4, 0.5) is 0 Å². The van der Waals surface area contributed by atoms with Crippen LogP contribution in [0.2, 0.25) is 0 Å². The molecule has 3 heterocycles. The molecule has 3 rings (SSSR count). The van der Waals surface area contributed by atoms with Crippen molar-refractivity contribution in [2.45, 2.75) is 38.4 Å². The highest BCUT2D eigenvalue weighted by Crippen LogP contribution is 2.34. The SMILES string of the molecule is CCS(=O)(=O)N1CC[C@H]2[C@@H]1CCN2Cc1cnn(C)c1. The molecule has 1 aromatic rings. The maximum Gasteiger partial charge on any atom is 0.214 e. The van der Waals surface area contributed by atoms with E-state index in [1.807, 2.05) is 24.1 Å². The van der Waals surface area contributed by atoms with Crippen LogP contribution in [0.1, 0.15) is 25.3 Å².